The first kappa shape index (κ1) is 20.9. The fraction of sp³-hybridized carbons (Fsp3) is 0.684. The highest BCUT2D eigenvalue weighted by Gasteiger charge is 2.31. The van der Waals surface area contributed by atoms with Crippen LogP contribution in [0.2, 0.25) is 0 Å². The molecule has 2 amide bonds. The summed E-state index contributed by atoms with van der Waals surface area (Å²) in [6, 6.07) is 0.0153. The predicted octanol–water partition coefficient (Wildman–Crippen LogP) is 2.56. The van der Waals surface area contributed by atoms with Gasteiger partial charge >= 0.3 is 6.09 Å². The number of likely N-dealkylation sites (tertiary alicyclic amines) is 1. The third kappa shape index (κ3) is 5.80. The number of carbonyl (C=O) groups excluding carboxylic acids is 2. The van der Waals surface area contributed by atoms with E-state index in [-0.39, 0.29) is 35.5 Å². The van der Waals surface area contributed by atoms with Crippen molar-refractivity contribution < 1.29 is 14.3 Å². The summed E-state index contributed by atoms with van der Waals surface area (Å²) < 4.78 is 5.53. The molecule has 1 saturated heterocycles. The molecule has 150 valence electrons. The largest absolute Gasteiger partial charge is 0.444 e. The maximum absolute atomic E-state index is 12.7. The molecule has 0 aromatic carbocycles. The van der Waals surface area contributed by atoms with Gasteiger partial charge in [0.2, 0.25) is 0 Å². The zero-order valence-corrected chi connectivity index (χ0v) is 16.9. The molecule has 0 bridgehead atoms. The molecule has 8 heteroatoms. The van der Waals surface area contributed by atoms with Crippen molar-refractivity contribution in [2.45, 2.75) is 59.1 Å². The molecule has 1 aliphatic rings. The molecule has 1 aliphatic heterocycles. The molecule has 1 aromatic rings. The van der Waals surface area contributed by atoms with Crippen LogP contribution in [-0.2, 0) is 4.74 Å². The molecule has 2 N–H and O–H groups in total. The average Bonchev–Trinajstić information content (AvgIpc) is 2.58. The van der Waals surface area contributed by atoms with Gasteiger partial charge in [-0.25, -0.2) is 14.8 Å². The van der Waals surface area contributed by atoms with Gasteiger partial charge in [0, 0.05) is 38.1 Å². The van der Waals surface area contributed by atoms with Crippen molar-refractivity contribution >= 4 is 17.8 Å². The van der Waals surface area contributed by atoms with Crippen molar-refractivity contribution in [3.8, 4) is 0 Å². The van der Waals surface area contributed by atoms with Crippen molar-refractivity contribution in [2.24, 2.45) is 5.92 Å². The van der Waals surface area contributed by atoms with E-state index >= 15 is 0 Å². The van der Waals surface area contributed by atoms with Gasteiger partial charge in [0.1, 0.15) is 5.60 Å². The van der Waals surface area contributed by atoms with E-state index in [9.17, 15) is 9.59 Å². The number of carbonyl (C=O) groups is 2. The van der Waals surface area contributed by atoms with Gasteiger partial charge in [-0.2, -0.15) is 0 Å². The summed E-state index contributed by atoms with van der Waals surface area (Å²) >= 11 is 0. The van der Waals surface area contributed by atoms with E-state index < -0.39 is 5.60 Å². The fourth-order valence-electron chi connectivity index (χ4n) is 3.16. The van der Waals surface area contributed by atoms with Gasteiger partial charge in [-0.3, -0.25) is 4.79 Å². The minimum Gasteiger partial charge on any atom is -0.444 e. The summed E-state index contributed by atoms with van der Waals surface area (Å²) in [5, 5.41) is 0. The summed E-state index contributed by atoms with van der Waals surface area (Å²) in [6.45, 7) is 11.3. The lowest BCUT2D eigenvalue weighted by Gasteiger charge is -2.37. The number of ether oxygens (including phenoxy) is 1. The second kappa shape index (κ2) is 8.54. The number of nitrogen functional groups attached to an aromatic ring is 1. The Hall–Kier alpha value is -2.38. The lowest BCUT2D eigenvalue weighted by molar-refractivity contribution is 0.0124. The minimum atomic E-state index is -0.539. The summed E-state index contributed by atoms with van der Waals surface area (Å²) in [5.41, 5.74) is 5.44. The predicted molar refractivity (Wildman–Crippen MR) is 103 cm³/mol. The van der Waals surface area contributed by atoms with Crippen LogP contribution < -0.4 is 5.73 Å². The van der Waals surface area contributed by atoms with Crippen molar-refractivity contribution in [1.82, 2.24) is 19.8 Å². The van der Waals surface area contributed by atoms with Crippen LogP contribution in [0.1, 0.15) is 57.9 Å². The molecule has 0 aliphatic carbocycles. The molecule has 2 heterocycles. The molecule has 0 radical (unpaired) electrons. The first-order valence-corrected chi connectivity index (χ1v) is 9.44. The maximum atomic E-state index is 12.7. The number of nitrogens with zero attached hydrogens (tertiary/aromatic N) is 4. The van der Waals surface area contributed by atoms with Gasteiger partial charge in [-0.15, -0.1) is 0 Å². The molecule has 1 aromatic heterocycles. The van der Waals surface area contributed by atoms with Crippen LogP contribution in [0.3, 0.4) is 0 Å². The Balaban J connectivity index is 2.05. The SMILES string of the molecule is CC(C)N(CC1CCCN(C(=O)c2nccnc2N)C1)C(=O)OC(C)(C)C. The summed E-state index contributed by atoms with van der Waals surface area (Å²) in [5.74, 6) is 0.108. The van der Waals surface area contributed by atoms with Crippen molar-refractivity contribution in [3.63, 3.8) is 0 Å². The summed E-state index contributed by atoms with van der Waals surface area (Å²) in [7, 11) is 0. The van der Waals surface area contributed by atoms with Crippen LogP contribution in [0.15, 0.2) is 12.4 Å². The molecular weight excluding hydrogens is 346 g/mol. The van der Waals surface area contributed by atoms with Crippen LogP contribution in [-0.4, -0.2) is 63.0 Å². The molecular formula is C19H31N5O3. The average molecular weight is 377 g/mol. The van der Waals surface area contributed by atoms with Crippen LogP contribution in [0.25, 0.3) is 0 Å². The third-order valence-electron chi connectivity index (χ3n) is 4.44. The standard InChI is InChI=1S/C19H31N5O3/c1-13(2)24(18(26)27-19(3,4)5)12-14-7-6-10-23(11-14)17(25)15-16(20)22-9-8-21-15/h8-9,13-14H,6-7,10-12H2,1-5H3,(H2,20,22). The highest BCUT2D eigenvalue weighted by atomic mass is 16.6. The summed E-state index contributed by atoms with van der Waals surface area (Å²) in [6.07, 6.45) is 4.43. The smallest absolute Gasteiger partial charge is 0.410 e. The zero-order valence-electron chi connectivity index (χ0n) is 16.9. The van der Waals surface area contributed by atoms with Gasteiger partial charge in [-0.1, -0.05) is 0 Å². The Morgan fingerprint density at radius 1 is 1.33 bits per heavy atom. The topological polar surface area (TPSA) is 102 Å². The van der Waals surface area contributed by atoms with E-state index in [0.717, 1.165) is 12.8 Å². The Kier molecular flexibility index (Phi) is 6.62. The molecule has 27 heavy (non-hydrogen) atoms. The Morgan fingerprint density at radius 2 is 2.00 bits per heavy atom. The molecule has 8 nitrogen and oxygen atoms in total. The van der Waals surface area contributed by atoms with E-state index in [1.165, 1.54) is 12.4 Å². The van der Waals surface area contributed by atoms with Crippen LogP contribution in [0.4, 0.5) is 10.6 Å². The number of rotatable bonds is 4. The second-order valence-electron chi connectivity index (χ2n) is 8.28. The Morgan fingerprint density at radius 3 is 2.59 bits per heavy atom. The lowest BCUT2D eigenvalue weighted by Crippen LogP contribution is -2.48. The van der Waals surface area contributed by atoms with Crippen LogP contribution >= 0.6 is 0 Å². The number of hydrogen-bond acceptors (Lipinski definition) is 6. The zero-order chi connectivity index (χ0) is 20.2. The normalized spacial score (nSPS) is 17.7. The van der Waals surface area contributed by atoms with Crippen molar-refractivity contribution in [1.29, 1.82) is 0 Å². The summed E-state index contributed by atoms with van der Waals surface area (Å²) in [4.78, 5) is 36.8. The maximum Gasteiger partial charge on any atom is 0.410 e. The molecule has 1 atom stereocenters. The number of piperidine rings is 1. The first-order chi connectivity index (χ1) is 12.6. The van der Waals surface area contributed by atoms with E-state index in [1.807, 2.05) is 34.6 Å². The fourth-order valence-corrected chi connectivity index (χ4v) is 3.16. The van der Waals surface area contributed by atoms with E-state index in [4.69, 9.17) is 10.5 Å². The van der Waals surface area contributed by atoms with Gasteiger partial charge in [-0.05, 0) is 53.4 Å². The van der Waals surface area contributed by atoms with Gasteiger partial charge in [0.15, 0.2) is 11.5 Å². The molecule has 0 spiro atoms. The lowest BCUT2D eigenvalue weighted by atomic mass is 9.96. The molecule has 1 unspecified atom stereocenters. The number of aromatic nitrogens is 2. The highest BCUT2D eigenvalue weighted by Crippen LogP contribution is 2.22. The van der Waals surface area contributed by atoms with E-state index in [0.29, 0.717) is 19.6 Å². The van der Waals surface area contributed by atoms with Gasteiger partial charge in [0.25, 0.3) is 5.91 Å². The quantitative estimate of drug-likeness (QED) is 0.865. The minimum absolute atomic E-state index is 0.0153. The second-order valence-corrected chi connectivity index (χ2v) is 8.28. The third-order valence-corrected chi connectivity index (χ3v) is 4.44. The van der Waals surface area contributed by atoms with E-state index in [2.05, 4.69) is 9.97 Å². The highest BCUT2D eigenvalue weighted by molar-refractivity contribution is 5.96. The number of anilines is 1. The Labute approximate surface area is 161 Å². The van der Waals surface area contributed by atoms with E-state index in [1.54, 1.807) is 9.80 Å². The first-order valence-electron chi connectivity index (χ1n) is 9.44. The number of nitrogens with two attached hydrogens (primary N) is 1. The van der Waals surface area contributed by atoms with Crippen LogP contribution in [0.5, 0.6) is 0 Å². The monoisotopic (exact) mass is 377 g/mol. The van der Waals surface area contributed by atoms with Crippen molar-refractivity contribution in [3.05, 3.63) is 18.1 Å². The molecule has 1 fully saturated rings. The van der Waals surface area contributed by atoms with Crippen LogP contribution in [0, 0.1) is 5.92 Å². The molecule has 0 saturated carbocycles. The van der Waals surface area contributed by atoms with Gasteiger partial charge < -0.3 is 20.3 Å². The van der Waals surface area contributed by atoms with Gasteiger partial charge in [0.05, 0.1) is 0 Å². The van der Waals surface area contributed by atoms with Crippen molar-refractivity contribution in [2.75, 3.05) is 25.4 Å². The Bertz CT molecular complexity index is 672. The number of hydrogen-bond donors (Lipinski definition) is 1. The molecule has 2 rings (SSSR count). The number of amides is 2.